The van der Waals surface area contributed by atoms with Crippen LogP contribution in [0.25, 0.3) is 22.6 Å². The molecule has 1 aromatic carbocycles. The summed E-state index contributed by atoms with van der Waals surface area (Å²) in [5, 5.41) is 0. The van der Waals surface area contributed by atoms with Crippen LogP contribution in [0.15, 0.2) is 21.7 Å². The van der Waals surface area contributed by atoms with Crippen LogP contribution in [0, 0.1) is 13.8 Å². The molecule has 0 saturated heterocycles. The van der Waals surface area contributed by atoms with Gasteiger partial charge in [0.2, 0.25) is 0 Å². The first-order valence-electron chi connectivity index (χ1n) is 10.9. The van der Waals surface area contributed by atoms with E-state index in [2.05, 4.69) is 15.0 Å². The number of fused-ring (bicyclic) bond motifs is 2. The zero-order valence-electron chi connectivity index (χ0n) is 18.7. The van der Waals surface area contributed by atoms with E-state index in [9.17, 15) is 14.4 Å². The Morgan fingerprint density at radius 3 is 2.55 bits per heavy atom. The second kappa shape index (κ2) is 9.85. The molecule has 1 aromatic rings. The van der Waals surface area contributed by atoms with Gasteiger partial charge in [0.15, 0.2) is 11.5 Å². The zero-order chi connectivity index (χ0) is 22.5. The fraction of sp³-hybridized carbons (Fsp3) is 0.522. The Morgan fingerprint density at radius 1 is 1.10 bits per heavy atom. The van der Waals surface area contributed by atoms with Gasteiger partial charge >= 0.3 is 11.7 Å². The summed E-state index contributed by atoms with van der Waals surface area (Å²) in [7, 11) is 0. The molecule has 8 nitrogen and oxygen atoms in total. The topological polar surface area (TPSA) is 107 Å². The molecule has 2 heterocycles. The number of aromatic nitrogens is 4. The van der Waals surface area contributed by atoms with E-state index in [1.165, 1.54) is 0 Å². The summed E-state index contributed by atoms with van der Waals surface area (Å²) < 4.78 is 7.21. The highest BCUT2D eigenvalue weighted by Crippen LogP contribution is 2.24. The molecule has 0 aromatic heterocycles. The van der Waals surface area contributed by atoms with E-state index in [0.29, 0.717) is 24.3 Å². The predicted molar refractivity (Wildman–Crippen MR) is 119 cm³/mol. The number of hydrogen-bond donors (Lipinski definition) is 1. The second-order valence-electron chi connectivity index (χ2n) is 8.10. The van der Waals surface area contributed by atoms with E-state index < -0.39 is 11.2 Å². The SMILES string of the molecule is CCC(C)OC(=O)CCCCCCn1c2nc(=O)[nH]c(=O)c-2nc2cc(C)c(C)cc21. The maximum atomic E-state index is 12.3. The number of ether oxygens (including phenoxy) is 1. The Kier molecular flexibility index (Phi) is 7.20. The standard InChI is InChI=1S/C23H30N4O4/c1-5-16(4)31-19(28)10-8-6-7-9-11-27-18-13-15(3)14(2)12-17(18)24-20-21(27)25-23(30)26-22(20)29/h12-13,16H,5-11H2,1-4H3,(H,26,29,30). The van der Waals surface area contributed by atoms with Crippen LogP contribution in [0.4, 0.5) is 0 Å². The lowest BCUT2D eigenvalue weighted by molar-refractivity contribution is -0.148. The minimum Gasteiger partial charge on any atom is -0.463 e. The van der Waals surface area contributed by atoms with Crippen molar-refractivity contribution in [3.63, 3.8) is 0 Å². The van der Waals surface area contributed by atoms with Crippen molar-refractivity contribution in [1.29, 1.82) is 0 Å². The lowest BCUT2D eigenvalue weighted by Gasteiger charge is -2.17. The van der Waals surface area contributed by atoms with Crippen LogP contribution >= 0.6 is 0 Å². The van der Waals surface area contributed by atoms with Crippen LogP contribution in [0.5, 0.6) is 0 Å². The van der Waals surface area contributed by atoms with Gasteiger partial charge in [-0.1, -0.05) is 19.8 Å². The molecule has 3 rings (SSSR count). The molecule has 1 N–H and O–H groups in total. The van der Waals surface area contributed by atoms with Gasteiger partial charge in [0.25, 0.3) is 5.56 Å². The fourth-order valence-electron chi connectivity index (χ4n) is 3.54. The first-order chi connectivity index (χ1) is 14.8. The van der Waals surface area contributed by atoms with Gasteiger partial charge in [-0.3, -0.25) is 14.6 Å². The molecule has 0 saturated carbocycles. The van der Waals surface area contributed by atoms with Gasteiger partial charge in [0.05, 0.1) is 17.1 Å². The van der Waals surface area contributed by atoms with Gasteiger partial charge in [0, 0.05) is 13.0 Å². The third-order valence-electron chi connectivity index (χ3n) is 5.64. The van der Waals surface area contributed by atoms with E-state index in [1.54, 1.807) is 0 Å². The van der Waals surface area contributed by atoms with E-state index >= 15 is 0 Å². The van der Waals surface area contributed by atoms with E-state index in [4.69, 9.17) is 4.74 Å². The summed E-state index contributed by atoms with van der Waals surface area (Å²) in [6.45, 7) is 8.51. The second-order valence-corrected chi connectivity index (χ2v) is 8.10. The van der Waals surface area contributed by atoms with Gasteiger partial charge in [-0.05, 0) is 63.3 Å². The Bertz CT molecular complexity index is 1160. The van der Waals surface area contributed by atoms with Crippen LogP contribution in [0.2, 0.25) is 0 Å². The van der Waals surface area contributed by atoms with Crippen LogP contribution in [0.3, 0.4) is 0 Å². The highest BCUT2D eigenvalue weighted by molar-refractivity contribution is 5.81. The van der Waals surface area contributed by atoms with Crippen molar-refractivity contribution in [2.24, 2.45) is 0 Å². The summed E-state index contributed by atoms with van der Waals surface area (Å²) >= 11 is 0. The van der Waals surface area contributed by atoms with Crippen molar-refractivity contribution in [2.45, 2.75) is 78.9 Å². The Labute approximate surface area is 181 Å². The number of carbonyl (C=O) groups is 1. The van der Waals surface area contributed by atoms with Crippen molar-refractivity contribution < 1.29 is 9.53 Å². The lowest BCUT2D eigenvalue weighted by atomic mass is 10.1. The molecule has 0 amide bonds. The van der Waals surface area contributed by atoms with Gasteiger partial charge in [-0.2, -0.15) is 4.98 Å². The maximum Gasteiger partial charge on any atom is 0.349 e. The fourth-order valence-corrected chi connectivity index (χ4v) is 3.54. The smallest absolute Gasteiger partial charge is 0.349 e. The minimum absolute atomic E-state index is 0.0363. The largest absolute Gasteiger partial charge is 0.463 e. The summed E-state index contributed by atoms with van der Waals surface area (Å²) in [5.41, 5.74) is 2.72. The zero-order valence-corrected chi connectivity index (χ0v) is 18.7. The number of carbonyl (C=O) groups excluding carboxylic acids is 1. The molecule has 0 fully saturated rings. The highest BCUT2D eigenvalue weighted by Gasteiger charge is 2.19. The van der Waals surface area contributed by atoms with Gasteiger partial charge < -0.3 is 9.30 Å². The minimum atomic E-state index is -0.670. The number of H-pyrrole nitrogens is 1. The molecule has 8 heteroatoms. The summed E-state index contributed by atoms with van der Waals surface area (Å²) in [5.74, 6) is 0.161. The Hall–Kier alpha value is -3.03. The summed E-state index contributed by atoms with van der Waals surface area (Å²) in [4.78, 5) is 46.6. The molecule has 166 valence electrons. The Balaban J connectivity index is 1.74. The predicted octanol–water partition coefficient (Wildman–Crippen LogP) is 3.49. The number of nitrogens with one attached hydrogen (secondary N) is 1. The van der Waals surface area contributed by atoms with E-state index in [-0.39, 0.29) is 17.8 Å². The number of esters is 1. The third-order valence-corrected chi connectivity index (χ3v) is 5.64. The number of nitrogens with zero attached hydrogens (tertiary/aromatic N) is 3. The summed E-state index contributed by atoms with van der Waals surface area (Å²) in [6.07, 6.45) is 4.62. The van der Waals surface area contributed by atoms with Crippen molar-refractivity contribution in [2.75, 3.05) is 0 Å². The summed E-state index contributed by atoms with van der Waals surface area (Å²) in [6, 6.07) is 3.98. The third kappa shape index (κ3) is 5.37. The number of rotatable bonds is 9. The van der Waals surface area contributed by atoms with Gasteiger partial charge in [-0.15, -0.1) is 0 Å². The maximum absolute atomic E-state index is 12.3. The molecular weight excluding hydrogens is 396 g/mol. The molecule has 0 spiro atoms. The average molecular weight is 427 g/mol. The molecule has 0 aliphatic carbocycles. The molecule has 2 aliphatic rings. The van der Waals surface area contributed by atoms with Crippen LogP contribution in [0.1, 0.15) is 63.5 Å². The first kappa shape index (κ1) is 22.7. The van der Waals surface area contributed by atoms with E-state index in [1.807, 2.05) is 44.4 Å². The Morgan fingerprint density at radius 2 is 1.81 bits per heavy atom. The number of benzene rings is 1. The molecule has 0 bridgehead atoms. The molecule has 0 radical (unpaired) electrons. The number of aromatic amines is 1. The van der Waals surface area contributed by atoms with Crippen LogP contribution in [-0.2, 0) is 16.1 Å². The first-order valence-corrected chi connectivity index (χ1v) is 10.9. The molecule has 2 aliphatic heterocycles. The van der Waals surface area contributed by atoms with Crippen molar-refractivity contribution in [3.05, 3.63) is 44.1 Å². The van der Waals surface area contributed by atoms with Crippen LogP contribution in [-0.4, -0.2) is 31.6 Å². The quantitative estimate of drug-likeness (QED) is 0.319. The lowest BCUT2D eigenvalue weighted by Crippen LogP contribution is -2.29. The van der Waals surface area contributed by atoms with Crippen LogP contribution < -0.4 is 11.2 Å². The van der Waals surface area contributed by atoms with E-state index in [0.717, 1.165) is 48.7 Å². The number of unbranched alkanes of at least 4 members (excludes halogenated alkanes) is 3. The molecule has 1 atom stereocenters. The number of hydrogen-bond acceptors (Lipinski definition) is 6. The monoisotopic (exact) mass is 426 g/mol. The average Bonchev–Trinajstić information content (AvgIpc) is 2.71. The van der Waals surface area contributed by atoms with Gasteiger partial charge in [-0.25, -0.2) is 9.78 Å². The van der Waals surface area contributed by atoms with Gasteiger partial charge in [0.1, 0.15) is 0 Å². The van der Waals surface area contributed by atoms with Crippen molar-refractivity contribution >= 4 is 17.0 Å². The number of aryl methyl sites for hydroxylation is 3. The molecule has 31 heavy (non-hydrogen) atoms. The van der Waals surface area contributed by atoms with Crippen molar-refractivity contribution in [1.82, 2.24) is 19.5 Å². The normalized spacial score (nSPS) is 12.4. The molecular formula is C23H30N4O4. The molecule has 1 unspecified atom stereocenters. The highest BCUT2D eigenvalue weighted by atomic mass is 16.5. The van der Waals surface area contributed by atoms with Crippen molar-refractivity contribution in [3.8, 4) is 11.5 Å².